The van der Waals surface area contributed by atoms with Gasteiger partial charge in [0, 0.05) is 36.5 Å². The van der Waals surface area contributed by atoms with Gasteiger partial charge in [0.1, 0.15) is 5.00 Å². The van der Waals surface area contributed by atoms with Crippen LogP contribution in [0.4, 0.5) is 5.13 Å². The van der Waals surface area contributed by atoms with E-state index in [-0.39, 0.29) is 5.91 Å². The Labute approximate surface area is 173 Å². The quantitative estimate of drug-likeness (QED) is 0.701. The van der Waals surface area contributed by atoms with Crippen LogP contribution in [0.25, 0.3) is 16.1 Å². The van der Waals surface area contributed by atoms with Gasteiger partial charge in [-0.3, -0.25) is 4.79 Å². The summed E-state index contributed by atoms with van der Waals surface area (Å²) in [5.41, 5.74) is 3.82. The van der Waals surface area contributed by atoms with Crippen molar-refractivity contribution in [2.24, 2.45) is 0 Å². The van der Waals surface area contributed by atoms with Crippen LogP contribution in [0, 0.1) is 6.92 Å². The first-order chi connectivity index (χ1) is 14.2. The van der Waals surface area contributed by atoms with E-state index < -0.39 is 0 Å². The minimum atomic E-state index is -0.00116. The highest BCUT2D eigenvalue weighted by atomic mass is 32.1. The lowest BCUT2D eigenvalue weighted by molar-refractivity contribution is 0.0951. The molecule has 0 spiro atoms. The highest BCUT2D eigenvalue weighted by Gasteiger charge is 2.24. The molecule has 1 aromatic carbocycles. The number of nitrogens with one attached hydrogen (secondary N) is 1. The third kappa shape index (κ3) is 3.90. The number of anilines is 1. The molecule has 1 aliphatic heterocycles. The molecule has 0 unspecified atom stereocenters. The van der Waals surface area contributed by atoms with Crippen LogP contribution in [0.1, 0.15) is 28.8 Å². The molecule has 0 atom stereocenters. The van der Waals surface area contributed by atoms with Gasteiger partial charge in [-0.05, 0) is 43.0 Å². The van der Waals surface area contributed by atoms with Crippen molar-refractivity contribution in [3.63, 3.8) is 0 Å². The molecule has 3 heterocycles. The van der Waals surface area contributed by atoms with Gasteiger partial charge in [-0.15, -0.1) is 0 Å². The van der Waals surface area contributed by atoms with Crippen molar-refractivity contribution in [2.75, 3.05) is 31.2 Å². The van der Waals surface area contributed by atoms with Crippen molar-refractivity contribution < 1.29 is 9.53 Å². The van der Waals surface area contributed by atoms with Crippen molar-refractivity contribution in [2.45, 2.75) is 25.8 Å². The van der Waals surface area contributed by atoms with Gasteiger partial charge in [0.2, 0.25) is 0 Å². The number of aromatic nitrogens is 3. The van der Waals surface area contributed by atoms with E-state index in [9.17, 15) is 4.79 Å². The molecule has 1 aliphatic carbocycles. The zero-order chi connectivity index (χ0) is 19.8. The third-order valence-corrected chi connectivity index (χ3v) is 6.34. The largest absolute Gasteiger partial charge is 0.378 e. The number of benzene rings is 1. The van der Waals surface area contributed by atoms with Crippen LogP contribution in [-0.2, 0) is 4.74 Å². The fraction of sp³-hybridized carbons (Fsp3) is 0.381. The van der Waals surface area contributed by atoms with Gasteiger partial charge in [0.25, 0.3) is 5.91 Å². The van der Waals surface area contributed by atoms with E-state index in [0.29, 0.717) is 11.6 Å². The predicted octanol–water partition coefficient (Wildman–Crippen LogP) is 3.03. The standard InChI is InChI=1S/C21H23N5O2S/c1-14-2-3-15(20(27)24-17-4-5-17)10-18(14)16-11-23-26(13-16)19-12-22-21(29-19)25-6-8-28-9-7-25/h2-3,10-13,17H,4-9H2,1H3,(H,24,27). The lowest BCUT2D eigenvalue weighted by Crippen LogP contribution is -2.36. The first-order valence-corrected chi connectivity index (χ1v) is 10.7. The molecule has 0 bridgehead atoms. The van der Waals surface area contributed by atoms with Gasteiger partial charge in [-0.2, -0.15) is 5.10 Å². The van der Waals surface area contributed by atoms with E-state index >= 15 is 0 Å². The minimum absolute atomic E-state index is 0.00116. The van der Waals surface area contributed by atoms with Crippen molar-refractivity contribution in [3.05, 3.63) is 47.9 Å². The van der Waals surface area contributed by atoms with Crippen LogP contribution in [0.2, 0.25) is 0 Å². The van der Waals surface area contributed by atoms with Gasteiger partial charge in [0.15, 0.2) is 5.13 Å². The minimum Gasteiger partial charge on any atom is -0.378 e. The van der Waals surface area contributed by atoms with Crippen molar-refractivity contribution >= 4 is 22.4 Å². The number of morpholine rings is 1. The van der Waals surface area contributed by atoms with Gasteiger partial charge < -0.3 is 15.0 Å². The molecule has 29 heavy (non-hydrogen) atoms. The molecule has 2 aliphatic rings. The summed E-state index contributed by atoms with van der Waals surface area (Å²) >= 11 is 1.62. The van der Waals surface area contributed by atoms with Crippen LogP contribution < -0.4 is 10.2 Å². The summed E-state index contributed by atoms with van der Waals surface area (Å²) in [6.45, 7) is 5.27. The Morgan fingerprint density at radius 2 is 2.07 bits per heavy atom. The van der Waals surface area contributed by atoms with Crippen LogP contribution in [0.3, 0.4) is 0 Å². The Kier molecular flexibility index (Phi) is 4.81. The van der Waals surface area contributed by atoms with Crippen LogP contribution >= 0.6 is 11.3 Å². The molecule has 1 amide bonds. The molecule has 5 rings (SSSR count). The van der Waals surface area contributed by atoms with Crippen LogP contribution in [-0.4, -0.2) is 53.0 Å². The Balaban J connectivity index is 1.38. The van der Waals surface area contributed by atoms with Gasteiger partial charge in [-0.1, -0.05) is 17.4 Å². The Hall–Kier alpha value is -2.71. The fourth-order valence-corrected chi connectivity index (χ4v) is 4.32. The van der Waals surface area contributed by atoms with E-state index in [0.717, 1.165) is 66.0 Å². The molecule has 7 nitrogen and oxygen atoms in total. The number of aryl methyl sites for hydroxylation is 1. The number of nitrogens with zero attached hydrogens (tertiary/aromatic N) is 4. The topological polar surface area (TPSA) is 72.3 Å². The summed E-state index contributed by atoms with van der Waals surface area (Å²) < 4.78 is 7.27. The summed E-state index contributed by atoms with van der Waals surface area (Å²) in [6, 6.07) is 6.19. The van der Waals surface area contributed by atoms with Crippen LogP contribution in [0.15, 0.2) is 36.8 Å². The predicted molar refractivity (Wildman–Crippen MR) is 113 cm³/mol. The zero-order valence-corrected chi connectivity index (χ0v) is 17.1. The Morgan fingerprint density at radius 1 is 1.24 bits per heavy atom. The summed E-state index contributed by atoms with van der Waals surface area (Å²) in [6.07, 6.45) is 7.87. The molecular weight excluding hydrogens is 386 g/mol. The number of hydrogen-bond donors (Lipinski definition) is 1. The second kappa shape index (κ2) is 7.61. The highest BCUT2D eigenvalue weighted by Crippen LogP contribution is 2.29. The van der Waals surface area contributed by atoms with E-state index in [1.165, 1.54) is 0 Å². The highest BCUT2D eigenvalue weighted by molar-refractivity contribution is 7.18. The van der Waals surface area contributed by atoms with E-state index in [2.05, 4.69) is 27.2 Å². The van der Waals surface area contributed by atoms with Crippen molar-refractivity contribution in [1.29, 1.82) is 0 Å². The average molecular weight is 410 g/mol. The number of carbonyl (C=O) groups excluding carboxylic acids is 1. The summed E-state index contributed by atoms with van der Waals surface area (Å²) in [4.78, 5) is 19.2. The summed E-state index contributed by atoms with van der Waals surface area (Å²) in [7, 11) is 0. The molecule has 8 heteroatoms. The number of ether oxygens (including phenoxy) is 1. The summed E-state index contributed by atoms with van der Waals surface area (Å²) in [5.74, 6) is -0.00116. The second-order valence-corrected chi connectivity index (χ2v) is 8.52. The van der Waals surface area contributed by atoms with Gasteiger partial charge in [-0.25, -0.2) is 9.67 Å². The molecule has 0 radical (unpaired) electrons. The van der Waals surface area contributed by atoms with Gasteiger partial charge in [0.05, 0.1) is 25.6 Å². The van der Waals surface area contributed by atoms with Crippen molar-refractivity contribution in [1.82, 2.24) is 20.1 Å². The first kappa shape index (κ1) is 18.3. The zero-order valence-electron chi connectivity index (χ0n) is 16.3. The molecule has 1 N–H and O–H groups in total. The van der Waals surface area contributed by atoms with E-state index in [1.54, 1.807) is 11.3 Å². The molecule has 2 fully saturated rings. The maximum Gasteiger partial charge on any atom is 0.251 e. The third-order valence-electron chi connectivity index (χ3n) is 5.29. The molecule has 1 saturated heterocycles. The van der Waals surface area contributed by atoms with E-state index in [4.69, 9.17) is 4.74 Å². The number of thiazole rings is 1. The number of hydrogen-bond acceptors (Lipinski definition) is 6. The van der Waals surface area contributed by atoms with Crippen molar-refractivity contribution in [3.8, 4) is 16.1 Å². The fourth-order valence-electron chi connectivity index (χ4n) is 3.42. The maximum absolute atomic E-state index is 12.4. The normalized spacial score (nSPS) is 16.8. The molecule has 150 valence electrons. The molecule has 3 aromatic rings. The first-order valence-electron chi connectivity index (χ1n) is 9.93. The van der Waals surface area contributed by atoms with Gasteiger partial charge >= 0.3 is 0 Å². The monoisotopic (exact) mass is 409 g/mol. The Morgan fingerprint density at radius 3 is 2.86 bits per heavy atom. The smallest absolute Gasteiger partial charge is 0.251 e. The number of amides is 1. The second-order valence-electron chi connectivity index (χ2n) is 7.53. The number of carbonyl (C=O) groups is 1. The molecule has 2 aromatic heterocycles. The summed E-state index contributed by atoms with van der Waals surface area (Å²) in [5, 5.41) is 9.56. The molecular formula is C21H23N5O2S. The van der Waals surface area contributed by atoms with E-state index in [1.807, 2.05) is 41.5 Å². The lowest BCUT2D eigenvalue weighted by Gasteiger charge is -2.25. The maximum atomic E-state index is 12.4. The lowest BCUT2D eigenvalue weighted by atomic mass is 10.0. The Bertz CT molecular complexity index is 1030. The van der Waals surface area contributed by atoms with Crippen LogP contribution in [0.5, 0.6) is 0 Å². The number of rotatable bonds is 5. The average Bonchev–Trinajstić information content (AvgIpc) is 3.21. The molecule has 1 saturated carbocycles. The SMILES string of the molecule is Cc1ccc(C(=O)NC2CC2)cc1-c1cnn(-c2cnc(N3CCOCC3)s2)c1.